The lowest BCUT2D eigenvalue weighted by atomic mass is 10.2. The molecule has 0 fully saturated rings. The van der Waals surface area contributed by atoms with Gasteiger partial charge in [-0.3, -0.25) is 10.1 Å². The van der Waals surface area contributed by atoms with E-state index in [2.05, 4.69) is 42.8 Å². The van der Waals surface area contributed by atoms with Crippen molar-refractivity contribution in [2.45, 2.75) is 0 Å². The van der Waals surface area contributed by atoms with E-state index in [1.54, 1.807) is 12.4 Å². The zero-order valence-corrected chi connectivity index (χ0v) is 10.3. The Kier molecular flexibility index (Phi) is 2.32. The highest BCUT2D eigenvalue weighted by molar-refractivity contribution is 14.1. The summed E-state index contributed by atoms with van der Waals surface area (Å²) in [5.41, 5.74) is 3.79. The van der Waals surface area contributed by atoms with Gasteiger partial charge in [0.15, 0.2) is 0 Å². The van der Waals surface area contributed by atoms with Gasteiger partial charge >= 0.3 is 0 Å². The van der Waals surface area contributed by atoms with E-state index in [-0.39, 0.29) is 0 Å². The molecule has 1 N–H and O–H groups in total. The predicted octanol–water partition coefficient (Wildman–Crippen LogP) is 2.62. The predicted molar refractivity (Wildman–Crippen MR) is 69.8 cm³/mol. The average Bonchev–Trinajstić information content (AvgIpc) is 2.72. The maximum absolute atomic E-state index is 4.56. The third kappa shape index (κ3) is 1.57. The molecular formula is C11H7IN4. The van der Waals surface area contributed by atoms with Crippen LogP contribution in [0.5, 0.6) is 0 Å². The Hall–Kier alpha value is -1.50. The van der Waals surface area contributed by atoms with Gasteiger partial charge in [0.05, 0.1) is 11.2 Å². The summed E-state index contributed by atoms with van der Waals surface area (Å²) in [4.78, 5) is 8.65. The SMILES string of the molecule is Ic1n[nH]c2ccc(-c3cccnc3)nc12. The summed E-state index contributed by atoms with van der Waals surface area (Å²) in [7, 11) is 0. The largest absolute Gasteiger partial charge is 0.275 e. The van der Waals surface area contributed by atoms with Crippen molar-refractivity contribution in [2.75, 3.05) is 0 Å². The summed E-state index contributed by atoms with van der Waals surface area (Å²) >= 11 is 2.17. The maximum Gasteiger partial charge on any atom is 0.149 e. The molecule has 0 saturated heterocycles. The molecule has 3 rings (SSSR count). The van der Waals surface area contributed by atoms with E-state index in [1.807, 2.05) is 24.3 Å². The van der Waals surface area contributed by atoms with Crippen molar-refractivity contribution >= 4 is 33.6 Å². The van der Waals surface area contributed by atoms with Gasteiger partial charge in [-0.1, -0.05) is 0 Å². The molecule has 0 aliphatic rings. The number of nitrogens with one attached hydrogen (secondary N) is 1. The zero-order chi connectivity index (χ0) is 11.0. The monoisotopic (exact) mass is 322 g/mol. The second-order valence-corrected chi connectivity index (χ2v) is 4.37. The van der Waals surface area contributed by atoms with Crippen LogP contribution in [0.15, 0.2) is 36.7 Å². The smallest absolute Gasteiger partial charge is 0.149 e. The number of nitrogens with zero attached hydrogens (tertiary/aromatic N) is 3. The Labute approximate surface area is 105 Å². The fourth-order valence-corrected chi connectivity index (χ4v) is 2.08. The summed E-state index contributed by atoms with van der Waals surface area (Å²) in [6, 6.07) is 7.85. The van der Waals surface area contributed by atoms with Crippen molar-refractivity contribution in [1.29, 1.82) is 0 Å². The molecule has 3 aromatic rings. The Morgan fingerprint density at radius 2 is 2.12 bits per heavy atom. The Bertz CT molecular complexity index is 633. The standard InChI is InChI=1S/C11H7IN4/c12-11-10-9(15-16-11)4-3-8(14-10)7-2-1-5-13-6-7/h1-6H,(H,15,16). The van der Waals surface area contributed by atoms with Gasteiger partial charge in [-0.05, 0) is 46.9 Å². The number of hydrogen-bond acceptors (Lipinski definition) is 3. The molecule has 0 aromatic carbocycles. The molecule has 16 heavy (non-hydrogen) atoms. The molecular weight excluding hydrogens is 315 g/mol. The number of rotatable bonds is 1. The van der Waals surface area contributed by atoms with Crippen molar-refractivity contribution < 1.29 is 0 Å². The molecule has 0 spiro atoms. The van der Waals surface area contributed by atoms with Crippen molar-refractivity contribution in [3.63, 3.8) is 0 Å². The maximum atomic E-state index is 4.56. The number of aromatic nitrogens is 4. The van der Waals surface area contributed by atoms with Crippen LogP contribution in [0.2, 0.25) is 0 Å². The summed E-state index contributed by atoms with van der Waals surface area (Å²) < 4.78 is 0.887. The van der Waals surface area contributed by atoms with Crippen LogP contribution in [0.4, 0.5) is 0 Å². The molecule has 78 valence electrons. The van der Waals surface area contributed by atoms with Crippen LogP contribution in [0, 0.1) is 3.70 Å². The minimum Gasteiger partial charge on any atom is -0.275 e. The molecule has 0 saturated carbocycles. The van der Waals surface area contributed by atoms with Gasteiger partial charge in [-0.15, -0.1) is 0 Å². The van der Waals surface area contributed by atoms with Crippen molar-refractivity contribution in [1.82, 2.24) is 20.2 Å². The number of halogens is 1. The van der Waals surface area contributed by atoms with Gasteiger partial charge in [-0.2, -0.15) is 5.10 Å². The lowest BCUT2D eigenvalue weighted by Crippen LogP contribution is -1.85. The first-order chi connectivity index (χ1) is 7.84. The Morgan fingerprint density at radius 1 is 1.19 bits per heavy atom. The first-order valence-electron chi connectivity index (χ1n) is 4.75. The molecule has 0 bridgehead atoms. The topological polar surface area (TPSA) is 54.5 Å². The van der Waals surface area contributed by atoms with Crippen LogP contribution in [0.1, 0.15) is 0 Å². The second-order valence-electron chi connectivity index (χ2n) is 3.35. The molecule has 3 heterocycles. The van der Waals surface area contributed by atoms with Crippen molar-refractivity contribution in [3.8, 4) is 11.3 Å². The highest BCUT2D eigenvalue weighted by atomic mass is 127. The summed E-state index contributed by atoms with van der Waals surface area (Å²) in [5.74, 6) is 0. The molecule has 3 aromatic heterocycles. The second kappa shape index (κ2) is 3.82. The third-order valence-electron chi connectivity index (χ3n) is 2.32. The third-order valence-corrected chi connectivity index (χ3v) is 3.07. The van der Waals surface area contributed by atoms with Crippen LogP contribution < -0.4 is 0 Å². The molecule has 4 nitrogen and oxygen atoms in total. The Balaban J connectivity index is 2.22. The number of fused-ring (bicyclic) bond motifs is 1. The van der Waals surface area contributed by atoms with Crippen LogP contribution in [0.25, 0.3) is 22.3 Å². The highest BCUT2D eigenvalue weighted by Gasteiger charge is 2.06. The van der Waals surface area contributed by atoms with E-state index in [0.717, 1.165) is 26.0 Å². The van der Waals surface area contributed by atoms with Crippen LogP contribution >= 0.6 is 22.6 Å². The Morgan fingerprint density at radius 3 is 2.94 bits per heavy atom. The summed E-state index contributed by atoms with van der Waals surface area (Å²) in [6.07, 6.45) is 3.56. The van der Waals surface area contributed by atoms with Crippen LogP contribution in [-0.4, -0.2) is 20.2 Å². The van der Waals surface area contributed by atoms with Gasteiger partial charge in [0.25, 0.3) is 0 Å². The normalized spacial score (nSPS) is 10.8. The first-order valence-corrected chi connectivity index (χ1v) is 5.83. The van der Waals surface area contributed by atoms with E-state index in [1.165, 1.54) is 0 Å². The fourth-order valence-electron chi connectivity index (χ4n) is 1.54. The van der Waals surface area contributed by atoms with Gasteiger partial charge in [0.2, 0.25) is 0 Å². The summed E-state index contributed by atoms with van der Waals surface area (Å²) in [5, 5.41) is 7.04. The molecule has 5 heteroatoms. The quantitative estimate of drug-likeness (QED) is 0.701. The number of aromatic amines is 1. The zero-order valence-electron chi connectivity index (χ0n) is 8.18. The van der Waals surface area contributed by atoms with Gasteiger partial charge < -0.3 is 0 Å². The van der Waals surface area contributed by atoms with Crippen molar-refractivity contribution in [2.24, 2.45) is 0 Å². The molecule has 0 unspecified atom stereocenters. The number of H-pyrrole nitrogens is 1. The van der Waals surface area contributed by atoms with Crippen LogP contribution in [-0.2, 0) is 0 Å². The van der Waals surface area contributed by atoms with E-state index < -0.39 is 0 Å². The minimum atomic E-state index is 0.887. The minimum absolute atomic E-state index is 0.887. The molecule has 0 aliphatic heterocycles. The molecule has 0 aliphatic carbocycles. The lowest BCUT2D eigenvalue weighted by molar-refractivity contribution is 1.09. The molecule has 0 amide bonds. The lowest BCUT2D eigenvalue weighted by Gasteiger charge is -1.99. The molecule has 0 radical (unpaired) electrons. The number of hydrogen-bond donors (Lipinski definition) is 1. The van der Waals surface area contributed by atoms with Gasteiger partial charge in [-0.25, -0.2) is 4.98 Å². The first kappa shape index (κ1) is 9.71. The average molecular weight is 322 g/mol. The van der Waals surface area contributed by atoms with E-state index in [0.29, 0.717) is 0 Å². The summed E-state index contributed by atoms with van der Waals surface area (Å²) in [6.45, 7) is 0. The van der Waals surface area contributed by atoms with E-state index >= 15 is 0 Å². The van der Waals surface area contributed by atoms with E-state index in [9.17, 15) is 0 Å². The van der Waals surface area contributed by atoms with E-state index in [4.69, 9.17) is 0 Å². The number of pyridine rings is 2. The molecule has 0 atom stereocenters. The van der Waals surface area contributed by atoms with Gasteiger partial charge in [0.1, 0.15) is 9.22 Å². The highest BCUT2D eigenvalue weighted by Crippen LogP contribution is 2.21. The van der Waals surface area contributed by atoms with Gasteiger partial charge in [0, 0.05) is 18.0 Å². The van der Waals surface area contributed by atoms with Crippen LogP contribution in [0.3, 0.4) is 0 Å². The van der Waals surface area contributed by atoms with Crippen molar-refractivity contribution in [3.05, 3.63) is 40.4 Å². The fraction of sp³-hybridized carbons (Fsp3) is 0.